The van der Waals surface area contributed by atoms with Crippen molar-refractivity contribution in [3.05, 3.63) is 34.9 Å². The van der Waals surface area contributed by atoms with Gasteiger partial charge < -0.3 is 5.32 Å². The van der Waals surface area contributed by atoms with Crippen molar-refractivity contribution in [1.82, 2.24) is 5.32 Å². The van der Waals surface area contributed by atoms with Crippen LogP contribution in [-0.4, -0.2) is 13.1 Å². The van der Waals surface area contributed by atoms with E-state index >= 15 is 0 Å². The third kappa shape index (κ3) is 1.79. The molecule has 1 nitrogen and oxygen atoms in total. The fourth-order valence-corrected chi connectivity index (χ4v) is 2.33. The molecular weight excluding hydrogens is 194 g/mol. The van der Waals surface area contributed by atoms with E-state index in [9.17, 15) is 0 Å². The maximum Gasteiger partial charge on any atom is 0.0406 e. The molecule has 1 aliphatic heterocycles. The van der Waals surface area contributed by atoms with Gasteiger partial charge >= 0.3 is 0 Å². The molecule has 0 radical (unpaired) electrons. The first-order valence-corrected chi connectivity index (χ1v) is 5.43. The third-order valence-corrected chi connectivity index (χ3v) is 3.40. The Morgan fingerprint density at radius 3 is 2.43 bits per heavy atom. The van der Waals surface area contributed by atoms with Crippen LogP contribution in [0.25, 0.3) is 0 Å². The first-order chi connectivity index (χ1) is 6.59. The zero-order chi connectivity index (χ0) is 10.2. The van der Waals surface area contributed by atoms with Crippen molar-refractivity contribution in [2.75, 3.05) is 13.1 Å². The highest BCUT2D eigenvalue weighted by atomic mass is 35.5. The minimum Gasteiger partial charge on any atom is -0.316 e. The number of halogens is 1. The molecule has 1 atom stereocenters. The second kappa shape index (κ2) is 3.56. The van der Waals surface area contributed by atoms with Gasteiger partial charge in [0.1, 0.15) is 0 Å². The Labute approximate surface area is 90.5 Å². The van der Waals surface area contributed by atoms with Crippen molar-refractivity contribution in [3.63, 3.8) is 0 Å². The molecule has 0 aliphatic carbocycles. The Hall–Kier alpha value is -0.530. The predicted octanol–water partition coefficient (Wildman–Crippen LogP) is 3.05. The highest BCUT2D eigenvalue weighted by Gasteiger charge is 2.35. The van der Waals surface area contributed by atoms with Crippen LogP contribution in [0.15, 0.2) is 24.3 Å². The van der Waals surface area contributed by atoms with Crippen LogP contribution in [0.1, 0.15) is 25.3 Å². The average Bonchev–Trinajstić information content (AvgIpc) is 2.47. The Morgan fingerprint density at radius 1 is 1.29 bits per heavy atom. The summed E-state index contributed by atoms with van der Waals surface area (Å²) in [6.45, 7) is 6.80. The predicted molar refractivity (Wildman–Crippen MR) is 60.8 cm³/mol. The molecule has 0 aromatic heterocycles. The van der Waals surface area contributed by atoms with Gasteiger partial charge in [0.25, 0.3) is 0 Å². The zero-order valence-electron chi connectivity index (χ0n) is 8.68. The van der Waals surface area contributed by atoms with Gasteiger partial charge in [-0.25, -0.2) is 0 Å². The highest BCUT2D eigenvalue weighted by Crippen LogP contribution is 2.38. The van der Waals surface area contributed by atoms with E-state index in [1.54, 1.807) is 0 Å². The molecule has 14 heavy (non-hydrogen) atoms. The highest BCUT2D eigenvalue weighted by molar-refractivity contribution is 6.30. The van der Waals surface area contributed by atoms with Gasteiger partial charge in [-0.05, 0) is 23.1 Å². The topological polar surface area (TPSA) is 12.0 Å². The van der Waals surface area contributed by atoms with E-state index in [0.29, 0.717) is 11.3 Å². The molecule has 76 valence electrons. The van der Waals surface area contributed by atoms with E-state index < -0.39 is 0 Å². The van der Waals surface area contributed by atoms with Crippen molar-refractivity contribution >= 4 is 11.6 Å². The van der Waals surface area contributed by atoms with Gasteiger partial charge in [-0.15, -0.1) is 0 Å². The first kappa shape index (κ1) is 10.0. The molecule has 0 amide bonds. The standard InChI is InChI=1S/C12H16ClN/c1-12(2)8-14-7-11(12)9-3-5-10(13)6-4-9/h3-6,11,14H,7-8H2,1-2H3/t11-/m1/s1. The number of hydrogen-bond acceptors (Lipinski definition) is 1. The summed E-state index contributed by atoms with van der Waals surface area (Å²) in [5.74, 6) is 0.611. The molecule has 1 aliphatic rings. The second-order valence-electron chi connectivity index (χ2n) is 4.72. The summed E-state index contributed by atoms with van der Waals surface area (Å²) < 4.78 is 0. The Morgan fingerprint density at radius 2 is 1.93 bits per heavy atom. The summed E-state index contributed by atoms with van der Waals surface area (Å²) in [6, 6.07) is 8.24. The van der Waals surface area contributed by atoms with E-state index in [1.165, 1.54) is 5.56 Å². The van der Waals surface area contributed by atoms with Gasteiger partial charge in [-0.1, -0.05) is 37.6 Å². The number of hydrogen-bond donors (Lipinski definition) is 1. The van der Waals surface area contributed by atoms with Crippen molar-refractivity contribution < 1.29 is 0 Å². The van der Waals surface area contributed by atoms with Gasteiger partial charge in [-0.3, -0.25) is 0 Å². The SMILES string of the molecule is CC1(C)CNC[C@@H]1c1ccc(Cl)cc1. The lowest BCUT2D eigenvalue weighted by Gasteiger charge is -2.26. The van der Waals surface area contributed by atoms with Crippen molar-refractivity contribution in [2.24, 2.45) is 5.41 Å². The molecule has 1 aromatic carbocycles. The minimum atomic E-state index is 0.355. The first-order valence-electron chi connectivity index (χ1n) is 5.06. The van der Waals surface area contributed by atoms with Crippen molar-refractivity contribution in [2.45, 2.75) is 19.8 Å². The summed E-state index contributed by atoms with van der Waals surface area (Å²) in [6.07, 6.45) is 0. The smallest absolute Gasteiger partial charge is 0.0406 e. The molecule has 1 heterocycles. The van der Waals surface area contributed by atoms with Gasteiger partial charge in [0.05, 0.1) is 0 Å². The Bertz CT molecular complexity index is 316. The molecule has 0 unspecified atom stereocenters. The normalized spacial score (nSPS) is 25.2. The van der Waals surface area contributed by atoms with Crippen LogP contribution < -0.4 is 5.32 Å². The van der Waals surface area contributed by atoms with Gasteiger partial charge in [0.15, 0.2) is 0 Å². The summed E-state index contributed by atoms with van der Waals surface area (Å²) in [5, 5.41) is 4.26. The van der Waals surface area contributed by atoms with Crippen LogP contribution >= 0.6 is 11.6 Å². The lowest BCUT2D eigenvalue weighted by molar-refractivity contribution is 0.363. The Balaban J connectivity index is 2.27. The monoisotopic (exact) mass is 209 g/mol. The molecule has 0 saturated carbocycles. The van der Waals surface area contributed by atoms with Crippen LogP contribution in [0.3, 0.4) is 0 Å². The second-order valence-corrected chi connectivity index (χ2v) is 5.16. The summed E-state index contributed by atoms with van der Waals surface area (Å²) in [5.41, 5.74) is 1.75. The molecule has 1 N–H and O–H groups in total. The number of benzene rings is 1. The molecule has 0 bridgehead atoms. The summed E-state index contributed by atoms with van der Waals surface area (Å²) in [7, 11) is 0. The number of nitrogens with one attached hydrogen (secondary N) is 1. The molecule has 2 heteroatoms. The maximum atomic E-state index is 5.87. The van der Waals surface area contributed by atoms with E-state index in [4.69, 9.17) is 11.6 Å². The lowest BCUT2D eigenvalue weighted by Crippen LogP contribution is -2.20. The molecule has 0 spiro atoms. The van der Waals surface area contributed by atoms with E-state index in [0.717, 1.165) is 18.1 Å². The fourth-order valence-electron chi connectivity index (χ4n) is 2.20. The molecule has 1 fully saturated rings. The van der Waals surface area contributed by atoms with Crippen molar-refractivity contribution in [3.8, 4) is 0 Å². The van der Waals surface area contributed by atoms with Crippen LogP contribution in [0.5, 0.6) is 0 Å². The van der Waals surface area contributed by atoms with E-state index in [2.05, 4.69) is 31.3 Å². The van der Waals surface area contributed by atoms with Gasteiger partial charge in [-0.2, -0.15) is 0 Å². The van der Waals surface area contributed by atoms with Crippen LogP contribution in [0.2, 0.25) is 5.02 Å². The largest absolute Gasteiger partial charge is 0.316 e. The van der Waals surface area contributed by atoms with Gasteiger partial charge in [0, 0.05) is 24.0 Å². The molecular formula is C12H16ClN. The summed E-state index contributed by atoms with van der Waals surface area (Å²) in [4.78, 5) is 0. The van der Waals surface area contributed by atoms with Crippen LogP contribution in [0, 0.1) is 5.41 Å². The summed E-state index contributed by atoms with van der Waals surface area (Å²) >= 11 is 5.87. The zero-order valence-corrected chi connectivity index (χ0v) is 9.43. The quantitative estimate of drug-likeness (QED) is 0.750. The molecule has 2 rings (SSSR count). The lowest BCUT2D eigenvalue weighted by atomic mass is 9.78. The molecule has 1 saturated heterocycles. The minimum absolute atomic E-state index is 0.355. The number of rotatable bonds is 1. The van der Waals surface area contributed by atoms with E-state index in [1.807, 2.05) is 12.1 Å². The fraction of sp³-hybridized carbons (Fsp3) is 0.500. The van der Waals surface area contributed by atoms with Gasteiger partial charge in [0.2, 0.25) is 0 Å². The van der Waals surface area contributed by atoms with Crippen molar-refractivity contribution in [1.29, 1.82) is 0 Å². The maximum absolute atomic E-state index is 5.87. The third-order valence-electron chi connectivity index (χ3n) is 3.14. The van der Waals surface area contributed by atoms with Crippen LogP contribution in [0.4, 0.5) is 0 Å². The molecule has 1 aromatic rings. The Kier molecular flexibility index (Phi) is 2.54. The van der Waals surface area contributed by atoms with E-state index in [-0.39, 0.29) is 0 Å². The average molecular weight is 210 g/mol. The van der Waals surface area contributed by atoms with Crippen LogP contribution in [-0.2, 0) is 0 Å².